The van der Waals surface area contributed by atoms with Crippen LogP contribution in [0.1, 0.15) is 43.0 Å². The average molecular weight is 346 g/mol. The van der Waals surface area contributed by atoms with Crippen molar-refractivity contribution in [1.29, 1.82) is 0 Å². The maximum Gasteiger partial charge on any atom is 0.315 e. The van der Waals surface area contributed by atoms with Crippen molar-refractivity contribution in [3.05, 3.63) is 53.7 Å². The van der Waals surface area contributed by atoms with Gasteiger partial charge in [0.25, 0.3) is 0 Å². The molecule has 0 saturated heterocycles. The van der Waals surface area contributed by atoms with Gasteiger partial charge in [-0.25, -0.2) is 9.18 Å². The summed E-state index contributed by atoms with van der Waals surface area (Å²) in [7, 11) is 0. The minimum Gasteiger partial charge on any atom is -0.494 e. The van der Waals surface area contributed by atoms with E-state index in [-0.39, 0.29) is 17.9 Å². The van der Waals surface area contributed by atoms with Crippen LogP contribution in [0.2, 0.25) is 0 Å². The molecule has 0 saturated carbocycles. The maximum atomic E-state index is 12.8. The van der Waals surface area contributed by atoms with Crippen molar-refractivity contribution in [3.8, 4) is 5.75 Å². The number of aryl methyl sites for hydroxylation is 1. The largest absolute Gasteiger partial charge is 0.494 e. The highest BCUT2D eigenvalue weighted by Crippen LogP contribution is 2.30. The van der Waals surface area contributed by atoms with Crippen LogP contribution < -0.4 is 15.4 Å². The number of hydrogen-bond acceptors (Lipinski definition) is 3. The minimum absolute atomic E-state index is 0.0318. The molecular weight excluding hydrogens is 323 g/mol. The fourth-order valence-electron chi connectivity index (χ4n) is 3.00. The molecule has 0 bridgehead atoms. The molecule has 0 fully saturated rings. The van der Waals surface area contributed by atoms with Gasteiger partial charge in [-0.3, -0.25) is 0 Å². The molecule has 1 unspecified atom stereocenters. The first-order valence-electron chi connectivity index (χ1n) is 8.71. The van der Waals surface area contributed by atoms with Crippen LogP contribution in [0.4, 0.5) is 9.18 Å². The van der Waals surface area contributed by atoms with Gasteiger partial charge >= 0.3 is 6.03 Å². The summed E-state index contributed by atoms with van der Waals surface area (Å²) in [6.07, 6.45) is 6.21. The fraction of sp³-hybridized carbons (Fsp3) is 0.421. The van der Waals surface area contributed by atoms with E-state index < -0.39 is 0 Å². The van der Waals surface area contributed by atoms with Crippen LogP contribution in [0.3, 0.4) is 0 Å². The lowest BCUT2D eigenvalue weighted by atomic mass is 9.93. The number of urea groups is 1. The molecule has 2 amide bonds. The molecule has 3 rings (SSSR count). The fourth-order valence-corrected chi connectivity index (χ4v) is 3.00. The van der Waals surface area contributed by atoms with Crippen LogP contribution in [-0.4, -0.2) is 19.2 Å². The number of rotatable bonds is 7. The van der Waals surface area contributed by atoms with Gasteiger partial charge in [0.05, 0.1) is 18.9 Å². The van der Waals surface area contributed by atoms with E-state index in [0.29, 0.717) is 18.9 Å². The molecule has 134 valence electrons. The summed E-state index contributed by atoms with van der Waals surface area (Å²) in [5.74, 6) is 1.36. The number of nitrogens with one attached hydrogen (secondary N) is 2. The Balaban J connectivity index is 1.29. The third-order valence-electron chi connectivity index (χ3n) is 4.30. The number of carbonyl (C=O) groups excluding carboxylic acids is 1. The summed E-state index contributed by atoms with van der Waals surface area (Å²) in [5.41, 5.74) is 1.09. The van der Waals surface area contributed by atoms with Crippen LogP contribution in [0, 0.1) is 5.82 Å². The smallest absolute Gasteiger partial charge is 0.315 e. The zero-order valence-electron chi connectivity index (χ0n) is 14.1. The Morgan fingerprint density at radius 3 is 2.92 bits per heavy atom. The highest BCUT2D eigenvalue weighted by Gasteiger charge is 2.23. The van der Waals surface area contributed by atoms with E-state index in [1.807, 2.05) is 6.07 Å². The summed E-state index contributed by atoms with van der Waals surface area (Å²) in [4.78, 5) is 12.0. The van der Waals surface area contributed by atoms with E-state index in [1.54, 1.807) is 18.4 Å². The second-order valence-electron chi connectivity index (χ2n) is 6.15. The number of furan rings is 1. The monoisotopic (exact) mass is 346 g/mol. The number of fused-ring (bicyclic) bond motifs is 1. The Labute approximate surface area is 146 Å². The standard InChI is InChI=1S/C19H23FN2O3/c20-14-6-8-15(9-7-14)24-12-2-1-11-21-19(23)22-17-4-3-5-18-16(17)10-13-25-18/h6-10,13,17H,1-5,11-12H2,(H2,21,22,23). The molecule has 1 atom stereocenters. The Morgan fingerprint density at radius 2 is 2.08 bits per heavy atom. The number of benzene rings is 1. The van der Waals surface area contributed by atoms with Crippen molar-refractivity contribution >= 4 is 6.03 Å². The van der Waals surface area contributed by atoms with Crippen molar-refractivity contribution in [3.63, 3.8) is 0 Å². The van der Waals surface area contributed by atoms with Crippen molar-refractivity contribution < 1.29 is 18.3 Å². The summed E-state index contributed by atoms with van der Waals surface area (Å²) in [6.45, 7) is 1.12. The summed E-state index contributed by atoms with van der Waals surface area (Å²) in [6, 6.07) is 7.77. The molecule has 2 N–H and O–H groups in total. The topological polar surface area (TPSA) is 63.5 Å². The third kappa shape index (κ3) is 4.98. The van der Waals surface area contributed by atoms with E-state index in [9.17, 15) is 9.18 Å². The van der Waals surface area contributed by atoms with Gasteiger partial charge in [0.2, 0.25) is 0 Å². The first-order chi connectivity index (χ1) is 12.2. The van der Waals surface area contributed by atoms with Crippen LogP contribution in [0.5, 0.6) is 5.75 Å². The van der Waals surface area contributed by atoms with Crippen molar-refractivity contribution in [2.45, 2.75) is 38.1 Å². The van der Waals surface area contributed by atoms with Gasteiger partial charge in [0.15, 0.2) is 0 Å². The molecule has 0 aliphatic heterocycles. The molecule has 1 aromatic carbocycles. The molecule has 1 aliphatic rings. The van der Waals surface area contributed by atoms with Crippen molar-refractivity contribution in [1.82, 2.24) is 10.6 Å². The number of amides is 2. The first kappa shape index (κ1) is 17.3. The summed E-state index contributed by atoms with van der Waals surface area (Å²) >= 11 is 0. The first-order valence-corrected chi connectivity index (χ1v) is 8.71. The van der Waals surface area contributed by atoms with Crippen molar-refractivity contribution in [2.24, 2.45) is 0 Å². The Hall–Kier alpha value is -2.50. The van der Waals surface area contributed by atoms with E-state index >= 15 is 0 Å². The highest BCUT2D eigenvalue weighted by atomic mass is 19.1. The lowest BCUT2D eigenvalue weighted by Crippen LogP contribution is -2.39. The second kappa shape index (κ2) is 8.55. The van der Waals surface area contributed by atoms with Gasteiger partial charge in [-0.05, 0) is 56.0 Å². The maximum absolute atomic E-state index is 12.8. The molecular formula is C19H23FN2O3. The van der Waals surface area contributed by atoms with Gasteiger partial charge in [-0.15, -0.1) is 0 Å². The van der Waals surface area contributed by atoms with Gasteiger partial charge in [0, 0.05) is 18.5 Å². The third-order valence-corrected chi connectivity index (χ3v) is 4.30. The van der Waals surface area contributed by atoms with E-state index in [1.165, 1.54) is 12.1 Å². The number of unbranched alkanes of at least 4 members (excludes halogenated alkanes) is 1. The molecule has 1 heterocycles. The van der Waals surface area contributed by atoms with Crippen LogP contribution in [0.15, 0.2) is 41.0 Å². The Morgan fingerprint density at radius 1 is 1.24 bits per heavy atom. The van der Waals surface area contributed by atoms with Crippen molar-refractivity contribution in [2.75, 3.05) is 13.2 Å². The predicted octanol–water partition coefficient (Wildman–Crippen LogP) is 3.95. The molecule has 0 radical (unpaired) electrons. The highest BCUT2D eigenvalue weighted by molar-refractivity contribution is 5.74. The lowest BCUT2D eigenvalue weighted by Gasteiger charge is -2.22. The van der Waals surface area contributed by atoms with Crippen LogP contribution in [-0.2, 0) is 6.42 Å². The SMILES string of the molecule is O=C(NCCCCOc1ccc(F)cc1)NC1CCCc2occc21. The molecule has 25 heavy (non-hydrogen) atoms. The molecule has 2 aromatic rings. The van der Waals surface area contributed by atoms with Gasteiger partial charge < -0.3 is 19.8 Å². The number of carbonyl (C=O) groups is 1. The minimum atomic E-state index is -0.275. The zero-order chi connectivity index (χ0) is 17.5. The van der Waals surface area contributed by atoms with E-state index in [4.69, 9.17) is 9.15 Å². The predicted molar refractivity (Wildman–Crippen MR) is 92.1 cm³/mol. The number of hydrogen-bond donors (Lipinski definition) is 2. The Kier molecular flexibility index (Phi) is 5.93. The number of ether oxygens (including phenoxy) is 1. The second-order valence-corrected chi connectivity index (χ2v) is 6.15. The molecule has 6 heteroatoms. The summed E-state index contributed by atoms with van der Waals surface area (Å²) in [5, 5.41) is 5.88. The van der Waals surface area contributed by atoms with Crippen LogP contribution >= 0.6 is 0 Å². The average Bonchev–Trinajstić information content (AvgIpc) is 3.09. The quantitative estimate of drug-likeness (QED) is 0.746. The molecule has 1 aromatic heterocycles. The Bertz CT molecular complexity index is 684. The van der Waals surface area contributed by atoms with E-state index in [0.717, 1.165) is 43.4 Å². The van der Waals surface area contributed by atoms with E-state index in [2.05, 4.69) is 10.6 Å². The van der Waals surface area contributed by atoms with Gasteiger partial charge in [0.1, 0.15) is 17.3 Å². The molecule has 1 aliphatic carbocycles. The van der Waals surface area contributed by atoms with Gasteiger partial charge in [-0.1, -0.05) is 0 Å². The zero-order valence-corrected chi connectivity index (χ0v) is 14.1. The van der Waals surface area contributed by atoms with Crippen LogP contribution in [0.25, 0.3) is 0 Å². The van der Waals surface area contributed by atoms with Gasteiger partial charge in [-0.2, -0.15) is 0 Å². The summed E-state index contributed by atoms with van der Waals surface area (Å²) < 4.78 is 23.7. The molecule has 0 spiro atoms. The number of halogens is 1. The lowest BCUT2D eigenvalue weighted by molar-refractivity contribution is 0.234. The normalized spacial score (nSPS) is 16.1. The molecule has 5 nitrogen and oxygen atoms in total.